The van der Waals surface area contributed by atoms with Gasteiger partial charge >= 0.3 is 0 Å². The Kier molecular flexibility index (Phi) is 3.62. The quantitative estimate of drug-likeness (QED) is 0.741. The van der Waals surface area contributed by atoms with Crippen LogP contribution >= 0.6 is 12.2 Å². The van der Waals surface area contributed by atoms with Crippen LogP contribution in [0.15, 0.2) is 52.9 Å². The van der Waals surface area contributed by atoms with Crippen molar-refractivity contribution in [2.45, 2.75) is 13.5 Å². The van der Waals surface area contributed by atoms with Gasteiger partial charge in [0.25, 0.3) is 0 Å². The highest BCUT2D eigenvalue weighted by molar-refractivity contribution is 7.80. The molecular weight excluding hydrogens is 282 g/mol. The van der Waals surface area contributed by atoms with Crippen molar-refractivity contribution in [2.75, 3.05) is 0 Å². The molecule has 0 saturated carbocycles. The SMILES string of the molecule is Cc1cccc(COc2c(C(N)=S)oc3ccccc23)c1. The fraction of sp³-hybridized carbons (Fsp3) is 0.118. The Morgan fingerprint density at radius 1 is 1.19 bits per heavy atom. The Morgan fingerprint density at radius 2 is 2.00 bits per heavy atom. The minimum absolute atomic E-state index is 0.199. The molecule has 3 aromatic rings. The van der Waals surface area contributed by atoms with Crippen molar-refractivity contribution in [3.63, 3.8) is 0 Å². The minimum Gasteiger partial charge on any atom is -0.484 e. The van der Waals surface area contributed by atoms with Gasteiger partial charge in [-0.25, -0.2) is 0 Å². The van der Waals surface area contributed by atoms with E-state index in [1.54, 1.807) is 0 Å². The third-order valence-electron chi connectivity index (χ3n) is 3.24. The van der Waals surface area contributed by atoms with Crippen LogP contribution in [0.1, 0.15) is 16.9 Å². The molecule has 4 heteroatoms. The lowest BCUT2D eigenvalue weighted by Gasteiger charge is -2.07. The normalized spacial score (nSPS) is 10.7. The Balaban J connectivity index is 1.95. The standard InChI is InChI=1S/C17H15NO2S/c1-11-5-4-6-12(9-11)10-19-15-13-7-2-3-8-14(13)20-16(15)17(18)21/h2-9H,10H2,1H3,(H2,18,21). The van der Waals surface area contributed by atoms with E-state index in [1.807, 2.05) is 36.4 Å². The number of nitrogens with two attached hydrogens (primary N) is 1. The summed E-state index contributed by atoms with van der Waals surface area (Å²) in [5, 5.41) is 0.882. The van der Waals surface area contributed by atoms with E-state index in [0.29, 0.717) is 18.1 Å². The summed E-state index contributed by atoms with van der Waals surface area (Å²) in [6.07, 6.45) is 0. The number of hydrogen-bond donors (Lipinski definition) is 1. The molecule has 3 nitrogen and oxygen atoms in total. The third-order valence-corrected chi connectivity index (χ3v) is 3.42. The first-order valence-corrected chi connectivity index (χ1v) is 7.05. The molecule has 2 aromatic carbocycles. The maximum atomic E-state index is 5.93. The van der Waals surface area contributed by atoms with Gasteiger partial charge in [-0.15, -0.1) is 0 Å². The molecule has 1 aromatic heterocycles. The molecule has 0 bridgehead atoms. The summed E-state index contributed by atoms with van der Waals surface area (Å²) >= 11 is 5.05. The molecule has 2 N–H and O–H groups in total. The van der Waals surface area contributed by atoms with Gasteiger partial charge in [-0.3, -0.25) is 0 Å². The van der Waals surface area contributed by atoms with Gasteiger partial charge < -0.3 is 14.9 Å². The predicted octanol–water partition coefficient (Wildman–Crippen LogP) is 3.95. The minimum atomic E-state index is 0.199. The van der Waals surface area contributed by atoms with Gasteiger partial charge in [0.15, 0.2) is 5.75 Å². The second-order valence-corrected chi connectivity index (χ2v) is 5.34. The zero-order valence-corrected chi connectivity index (χ0v) is 12.4. The topological polar surface area (TPSA) is 48.4 Å². The van der Waals surface area contributed by atoms with Crippen molar-refractivity contribution in [3.05, 3.63) is 65.4 Å². The van der Waals surface area contributed by atoms with Crippen LogP contribution in [0, 0.1) is 6.92 Å². The summed E-state index contributed by atoms with van der Waals surface area (Å²) in [6, 6.07) is 15.8. The van der Waals surface area contributed by atoms with E-state index in [1.165, 1.54) is 5.56 Å². The molecule has 21 heavy (non-hydrogen) atoms. The van der Waals surface area contributed by atoms with Crippen LogP contribution < -0.4 is 10.5 Å². The maximum absolute atomic E-state index is 5.93. The van der Waals surface area contributed by atoms with Crippen LogP contribution in [0.4, 0.5) is 0 Å². The highest BCUT2D eigenvalue weighted by Gasteiger charge is 2.17. The van der Waals surface area contributed by atoms with Gasteiger partial charge in [-0.2, -0.15) is 0 Å². The number of hydrogen-bond acceptors (Lipinski definition) is 3. The smallest absolute Gasteiger partial charge is 0.204 e. The van der Waals surface area contributed by atoms with Crippen molar-refractivity contribution in [1.82, 2.24) is 0 Å². The number of fused-ring (bicyclic) bond motifs is 1. The summed E-state index contributed by atoms with van der Waals surface area (Å²) in [4.78, 5) is 0.199. The molecule has 0 aliphatic rings. The number of rotatable bonds is 4. The summed E-state index contributed by atoms with van der Waals surface area (Å²) < 4.78 is 11.6. The van der Waals surface area contributed by atoms with Gasteiger partial charge in [-0.1, -0.05) is 54.2 Å². The molecule has 106 valence electrons. The fourth-order valence-corrected chi connectivity index (χ4v) is 2.42. The lowest BCUT2D eigenvalue weighted by atomic mass is 10.1. The molecule has 0 spiro atoms. The first kappa shape index (κ1) is 13.6. The van der Waals surface area contributed by atoms with Crippen LogP contribution in [0.3, 0.4) is 0 Å². The second-order valence-electron chi connectivity index (χ2n) is 4.90. The van der Waals surface area contributed by atoms with E-state index >= 15 is 0 Å². The number of para-hydroxylation sites is 1. The Bertz CT molecular complexity index is 807. The van der Waals surface area contributed by atoms with Gasteiger partial charge in [0, 0.05) is 0 Å². The van der Waals surface area contributed by atoms with Gasteiger partial charge in [-0.05, 0) is 24.6 Å². The highest BCUT2D eigenvalue weighted by atomic mass is 32.1. The summed E-state index contributed by atoms with van der Waals surface area (Å²) in [5.41, 5.74) is 8.74. The van der Waals surface area contributed by atoms with Crippen LogP contribution in [0.5, 0.6) is 5.75 Å². The van der Waals surface area contributed by atoms with Crippen molar-refractivity contribution in [2.24, 2.45) is 5.73 Å². The molecule has 0 unspecified atom stereocenters. The number of furan rings is 1. The molecule has 0 fully saturated rings. The Hall–Kier alpha value is -2.33. The molecule has 0 atom stereocenters. The van der Waals surface area contributed by atoms with Crippen LogP contribution in [-0.2, 0) is 6.61 Å². The zero-order chi connectivity index (χ0) is 14.8. The highest BCUT2D eigenvalue weighted by Crippen LogP contribution is 2.33. The molecule has 3 rings (SSSR count). The Morgan fingerprint density at radius 3 is 2.76 bits per heavy atom. The van der Waals surface area contributed by atoms with Crippen molar-refractivity contribution in [3.8, 4) is 5.75 Å². The van der Waals surface area contributed by atoms with Gasteiger partial charge in [0.05, 0.1) is 5.39 Å². The monoisotopic (exact) mass is 297 g/mol. The van der Waals surface area contributed by atoms with Crippen LogP contribution in [-0.4, -0.2) is 4.99 Å². The first-order valence-electron chi connectivity index (χ1n) is 6.65. The Labute approximate surface area is 128 Å². The molecule has 0 radical (unpaired) electrons. The van der Waals surface area contributed by atoms with E-state index in [0.717, 1.165) is 16.5 Å². The fourth-order valence-electron chi connectivity index (χ4n) is 2.28. The van der Waals surface area contributed by atoms with Crippen LogP contribution in [0.25, 0.3) is 11.0 Å². The number of thiocarbonyl (C=S) groups is 1. The largest absolute Gasteiger partial charge is 0.484 e. The van der Waals surface area contributed by atoms with Gasteiger partial charge in [0.1, 0.15) is 17.2 Å². The first-order chi connectivity index (χ1) is 10.1. The lowest BCUT2D eigenvalue weighted by Crippen LogP contribution is -2.10. The molecule has 0 aliphatic heterocycles. The average molecular weight is 297 g/mol. The van der Waals surface area contributed by atoms with Crippen molar-refractivity contribution < 1.29 is 9.15 Å². The number of aryl methyl sites for hydroxylation is 1. The molecule has 0 aliphatic carbocycles. The van der Waals surface area contributed by atoms with E-state index in [4.69, 9.17) is 27.1 Å². The summed E-state index contributed by atoms with van der Waals surface area (Å²) in [7, 11) is 0. The van der Waals surface area contributed by atoms with Gasteiger partial charge in [0.2, 0.25) is 5.76 Å². The van der Waals surface area contributed by atoms with Crippen molar-refractivity contribution in [1.29, 1.82) is 0 Å². The van der Waals surface area contributed by atoms with E-state index in [2.05, 4.69) is 19.1 Å². The second kappa shape index (κ2) is 5.58. The van der Waals surface area contributed by atoms with E-state index < -0.39 is 0 Å². The van der Waals surface area contributed by atoms with E-state index in [-0.39, 0.29) is 4.99 Å². The zero-order valence-electron chi connectivity index (χ0n) is 11.6. The summed E-state index contributed by atoms with van der Waals surface area (Å²) in [5.74, 6) is 1.04. The number of ether oxygens (including phenoxy) is 1. The average Bonchev–Trinajstić information content (AvgIpc) is 2.84. The molecule has 0 amide bonds. The number of benzene rings is 2. The van der Waals surface area contributed by atoms with Crippen LogP contribution in [0.2, 0.25) is 0 Å². The summed E-state index contributed by atoms with van der Waals surface area (Å²) in [6.45, 7) is 2.50. The third kappa shape index (κ3) is 2.76. The molecule has 1 heterocycles. The molecule has 0 saturated heterocycles. The van der Waals surface area contributed by atoms with E-state index in [9.17, 15) is 0 Å². The maximum Gasteiger partial charge on any atom is 0.204 e. The molecular formula is C17H15NO2S. The lowest BCUT2D eigenvalue weighted by molar-refractivity contribution is 0.304. The predicted molar refractivity (Wildman–Crippen MR) is 87.6 cm³/mol. The van der Waals surface area contributed by atoms with Crippen molar-refractivity contribution >= 4 is 28.2 Å².